The summed E-state index contributed by atoms with van der Waals surface area (Å²) in [6, 6.07) is 10.3. The Morgan fingerprint density at radius 1 is 1.12 bits per heavy atom. The Hall–Kier alpha value is -0.730. The zero-order chi connectivity index (χ0) is 17.2. The number of thioether (sulfide) groups is 1. The molecule has 130 valence electrons. The van der Waals surface area contributed by atoms with E-state index in [2.05, 4.69) is 10.2 Å². The lowest BCUT2D eigenvalue weighted by atomic mass is 10.0. The first kappa shape index (κ1) is 18.1. The van der Waals surface area contributed by atoms with Crippen molar-refractivity contribution in [1.82, 2.24) is 10.2 Å². The molecule has 1 aromatic heterocycles. The van der Waals surface area contributed by atoms with Gasteiger partial charge in [-0.15, -0.1) is 11.3 Å². The van der Waals surface area contributed by atoms with Gasteiger partial charge in [0, 0.05) is 36.0 Å². The summed E-state index contributed by atoms with van der Waals surface area (Å²) >= 11 is 7.45. The maximum atomic E-state index is 13.0. The van der Waals surface area contributed by atoms with E-state index in [0.29, 0.717) is 9.90 Å². The number of piperazine rings is 1. The number of thiophene rings is 1. The highest BCUT2D eigenvalue weighted by atomic mass is 35.5. The Kier molecular flexibility index (Phi) is 5.77. The van der Waals surface area contributed by atoms with Crippen LogP contribution in [0.3, 0.4) is 0 Å². The van der Waals surface area contributed by atoms with Crippen LogP contribution < -0.4 is 5.32 Å². The molecule has 0 bridgehead atoms. The van der Waals surface area contributed by atoms with Gasteiger partial charge in [-0.3, -0.25) is 4.90 Å². The highest BCUT2D eigenvalue weighted by Crippen LogP contribution is 2.44. The third-order valence-corrected chi connectivity index (χ3v) is 5.93. The molecule has 0 spiro atoms. The van der Waals surface area contributed by atoms with E-state index >= 15 is 0 Å². The summed E-state index contributed by atoms with van der Waals surface area (Å²) in [6.07, 6.45) is 0. The predicted octanol–water partition coefficient (Wildman–Crippen LogP) is 5.01. The van der Waals surface area contributed by atoms with Crippen LogP contribution >= 0.6 is 34.7 Å². The molecule has 0 amide bonds. The molecule has 1 aliphatic rings. The van der Waals surface area contributed by atoms with Crippen molar-refractivity contribution in [1.29, 1.82) is 0 Å². The van der Waals surface area contributed by atoms with Crippen LogP contribution in [0.4, 0.5) is 13.2 Å². The molecule has 2 aromatic rings. The summed E-state index contributed by atoms with van der Waals surface area (Å²) in [5.41, 5.74) is -3.63. The maximum absolute atomic E-state index is 13.0. The van der Waals surface area contributed by atoms with Crippen molar-refractivity contribution in [3.05, 3.63) is 51.2 Å². The third kappa shape index (κ3) is 4.46. The molecule has 0 saturated carbocycles. The van der Waals surface area contributed by atoms with Crippen molar-refractivity contribution < 1.29 is 13.2 Å². The van der Waals surface area contributed by atoms with Crippen molar-refractivity contribution in [2.75, 3.05) is 26.2 Å². The number of nitrogens with one attached hydrogen (secondary N) is 1. The number of hydrogen-bond acceptors (Lipinski definition) is 4. The molecule has 1 fully saturated rings. The van der Waals surface area contributed by atoms with E-state index in [1.807, 2.05) is 6.07 Å². The van der Waals surface area contributed by atoms with Gasteiger partial charge in [0.1, 0.15) is 0 Å². The lowest BCUT2D eigenvalue weighted by molar-refractivity contribution is -0.0328. The first-order valence-electron chi connectivity index (χ1n) is 7.49. The summed E-state index contributed by atoms with van der Waals surface area (Å²) < 4.78 is 39.5. The second kappa shape index (κ2) is 7.66. The molecule has 0 unspecified atom stereocenters. The van der Waals surface area contributed by atoms with E-state index in [9.17, 15) is 13.2 Å². The largest absolute Gasteiger partial charge is 0.446 e. The van der Waals surface area contributed by atoms with E-state index in [4.69, 9.17) is 11.6 Å². The fraction of sp³-hybridized carbons (Fsp3) is 0.375. The molecular weight excluding hydrogens is 377 g/mol. The molecule has 1 aromatic carbocycles. The molecule has 8 heteroatoms. The van der Waals surface area contributed by atoms with Crippen LogP contribution in [-0.4, -0.2) is 36.6 Å². The number of halogens is 4. The van der Waals surface area contributed by atoms with Crippen molar-refractivity contribution >= 4 is 34.7 Å². The lowest BCUT2D eigenvalue weighted by Gasteiger charge is -2.35. The van der Waals surface area contributed by atoms with Gasteiger partial charge in [0.25, 0.3) is 0 Å². The fourth-order valence-electron chi connectivity index (χ4n) is 2.87. The van der Waals surface area contributed by atoms with Crippen LogP contribution in [0.1, 0.15) is 16.5 Å². The van der Waals surface area contributed by atoms with Crippen LogP contribution in [0.25, 0.3) is 0 Å². The second-order valence-electron chi connectivity index (χ2n) is 5.42. The number of benzene rings is 1. The Bertz CT molecular complexity index is 684. The molecule has 1 atom stereocenters. The van der Waals surface area contributed by atoms with Gasteiger partial charge in [0.15, 0.2) is 0 Å². The Morgan fingerprint density at radius 2 is 1.83 bits per heavy atom. The summed E-state index contributed by atoms with van der Waals surface area (Å²) in [7, 11) is 0. The molecule has 0 aliphatic carbocycles. The van der Waals surface area contributed by atoms with Crippen LogP contribution in [0.5, 0.6) is 0 Å². The van der Waals surface area contributed by atoms with Gasteiger partial charge in [0.2, 0.25) is 0 Å². The highest BCUT2D eigenvalue weighted by molar-refractivity contribution is 8.00. The standard InChI is InChI=1S/C16H16ClF3N2S2/c17-14-6-5-13(23-14)15(22-9-7-21-8-10-22)11-3-1-2-4-12(11)24-16(18,19)20/h1-6,15,21H,7-10H2/t15-/m0/s1. The average molecular weight is 393 g/mol. The van der Waals surface area contributed by atoms with Crippen molar-refractivity contribution in [3.63, 3.8) is 0 Å². The van der Waals surface area contributed by atoms with Gasteiger partial charge in [0.05, 0.1) is 10.4 Å². The molecule has 24 heavy (non-hydrogen) atoms. The van der Waals surface area contributed by atoms with Gasteiger partial charge >= 0.3 is 5.51 Å². The molecule has 1 N–H and O–H groups in total. The normalized spacial score (nSPS) is 17.8. The van der Waals surface area contributed by atoms with Crippen molar-refractivity contribution in [2.45, 2.75) is 16.4 Å². The van der Waals surface area contributed by atoms with Crippen LogP contribution in [0.15, 0.2) is 41.3 Å². The molecule has 1 aliphatic heterocycles. The first-order chi connectivity index (χ1) is 11.4. The summed E-state index contributed by atoms with van der Waals surface area (Å²) in [6.45, 7) is 3.21. The third-order valence-electron chi connectivity index (χ3n) is 3.82. The van der Waals surface area contributed by atoms with Crippen molar-refractivity contribution in [2.24, 2.45) is 0 Å². The highest BCUT2D eigenvalue weighted by Gasteiger charge is 2.33. The summed E-state index contributed by atoms with van der Waals surface area (Å²) in [5, 5.41) is 3.28. The SMILES string of the molecule is FC(F)(F)Sc1ccccc1[C@@H](c1ccc(Cl)s1)N1CCNCC1. The number of nitrogens with zero attached hydrogens (tertiary/aromatic N) is 1. The molecule has 2 heterocycles. The van der Waals surface area contributed by atoms with Crippen LogP contribution in [-0.2, 0) is 0 Å². The minimum Gasteiger partial charge on any atom is -0.314 e. The second-order valence-corrected chi connectivity index (χ2v) is 8.27. The molecule has 1 saturated heterocycles. The minimum absolute atomic E-state index is 0.0495. The Morgan fingerprint density at radius 3 is 2.46 bits per heavy atom. The summed E-state index contributed by atoms with van der Waals surface area (Å²) in [5.74, 6) is 0. The van der Waals surface area contributed by atoms with E-state index in [0.717, 1.165) is 31.1 Å². The predicted molar refractivity (Wildman–Crippen MR) is 94.0 cm³/mol. The zero-order valence-corrected chi connectivity index (χ0v) is 15.0. The molecule has 2 nitrogen and oxygen atoms in total. The van der Waals surface area contributed by atoms with Gasteiger partial charge in [-0.25, -0.2) is 0 Å². The lowest BCUT2D eigenvalue weighted by Crippen LogP contribution is -2.45. The van der Waals surface area contributed by atoms with Crippen LogP contribution in [0, 0.1) is 0 Å². The average Bonchev–Trinajstić information content (AvgIpc) is 2.95. The zero-order valence-electron chi connectivity index (χ0n) is 12.6. The molecular formula is C16H16ClF3N2S2. The van der Waals surface area contributed by atoms with Gasteiger partial charge in [-0.2, -0.15) is 13.2 Å². The fourth-order valence-corrected chi connectivity index (χ4v) is 4.78. The number of rotatable bonds is 4. The van der Waals surface area contributed by atoms with E-state index in [1.165, 1.54) is 17.4 Å². The van der Waals surface area contributed by atoms with E-state index in [1.54, 1.807) is 24.3 Å². The van der Waals surface area contributed by atoms with Gasteiger partial charge in [-0.1, -0.05) is 29.8 Å². The van der Waals surface area contributed by atoms with E-state index in [-0.39, 0.29) is 22.7 Å². The smallest absolute Gasteiger partial charge is 0.314 e. The van der Waals surface area contributed by atoms with Crippen LogP contribution in [0.2, 0.25) is 4.34 Å². The maximum Gasteiger partial charge on any atom is 0.446 e. The van der Waals surface area contributed by atoms with Gasteiger partial charge in [-0.05, 0) is 35.5 Å². The number of alkyl halides is 3. The minimum atomic E-state index is -4.31. The van der Waals surface area contributed by atoms with E-state index < -0.39 is 5.51 Å². The Labute approximate surface area is 152 Å². The number of hydrogen-bond donors (Lipinski definition) is 1. The first-order valence-corrected chi connectivity index (χ1v) is 9.50. The Balaban J connectivity index is 2.02. The summed E-state index contributed by atoms with van der Waals surface area (Å²) in [4.78, 5) is 3.43. The quantitative estimate of drug-likeness (QED) is 0.736. The topological polar surface area (TPSA) is 15.3 Å². The van der Waals surface area contributed by atoms with Crippen molar-refractivity contribution in [3.8, 4) is 0 Å². The van der Waals surface area contributed by atoms with Gasteiger partial charge < -0.3 is 5.32 Å². The molecule has 0 radical (unpaired) electrons. The monoisotopic (exact) mass is 392 g/mol. The molecule has 3 rings (SSSR count).